The van der Waals surface area contributed by atoms with E-state index in [4.69, 9.17) is 15.2 Å². The highest BCUT2D eigenvalue weighted by Crippen LogP contribution is 2.27. The summed E-state index contributed by atoms with van der Waals surface area (Å²) < 4.78 is 10.5. The van der Waals surface area contributed by atoms with Gasteiger partial charge in [0.2, 0.25) is 0 Å². The molecule has 0 aliphatic rings. The molecule has 2 aromatic carbocycles. The Balaban J connectivity index is 1.93. The standard InChI is InChI=1S/C21H28N4O3/c1-4-10-23-20(26)17-7-5-6-15(11-17)13-24-21(22)25-14-16-8-9-18(27-2)19(12-16)28-3/h5-9,11-12H,4,10,13-14H2,1-3H3,(H,23,26)(H3,22,24,25). The van der Waals surface area contributed by atoms with Crippen LogP contribution in [0.15, 0.2) is 47.5 Å². The van der Waals surface area contributed by atoms with Crippen LogP contribution in [0.3, 0.4) is 0 Å². The van der Waals surface area contributed by atoms with Gasteiger partial charge >= 0.3 is 0 Å². The average molecular weight is 384 g/mol. The van der Waals surface area contributed by atoms with Crippen LogP contribution in [0.25, 0.3) is 0 Å². The number of hydrogen-bond acceptors (Lipinski definition) is 4. The number of benzene rings is 2. The Bertz CT molecular complexity index is 821. The summed E-state index contributed by atoms with van der Waals surface area (Å²) in [5.41, 5.74) is 8.49. The summed E-state index contributed by atoms with van der Waals surface area (Å²) in [5, 5.41) is 5.94. The summed E-state index contributed by atoms with van der Waals surface area (Å²) in [6.45, 7) is 3.58. The quantitative estimate of drug-likeness (QED) is 0.456. The number of nitrogens with one attached hydrogen (secondary N) is 2. The zero-order valence-electron chi connectivity index (χ0n) is 16.6. The van der Waals surface area contributed by atoms with Crippen LogP contribution in [0.4, 0.5) is 0 Å². The van der Waals surface area contributed by atoms with Gasteiger partial charge in [-0.05, 0) is 41.8 Å². The number of carbonyl (C=O) groups excluding carboxylic acids is 1. The van der Waals surface area contributed by atoms with Gasteiger partial charge in [-0.3, -0.25) is 4.79 Å². The minimum absolute atomic E-state index is 0.0766. The molecule has 0 atom stereocenters. The van der Waals surface area contributed by atoms with Crippen LogP contribution in [0, 0.1) is 0 Å². The first kappa shape index (κ1) is 21.1. The van der Waals surface area contributed by atoms with Gasteiger partial charge in [0.05, 0.1) is 20.8 Å². The van der Waals surface area contributed by atoms with Crippen LogP contribution in [0.2, 0.25) is 0 Å². The maximum absolute atomic E-state index is 12.0. The minimum Gasteiger partial charge on any atom is -0.493 e. The molecule has 28 heavy (non-hydrogen) atoms. The lowest BCUT2D eigenvalue weighted by atomic mass is 10.1. The molecule has 1 amide bonds. The van der Waals surface area contributed by atoms with E-state index in [2.05, 4.69) is 15.6 Å². The van der Waals surface area contributed by atoms with Gasteiger partial charge < -0.3 is 25.8 Å². The summed E-state index contributed by atoms with van der Waals surface area (Å²) in [4.78, 5) is 16.4. The van der Waals surface area contributed by atoms with E-state index in [1.54, 1.807) is 20.3 Å². The molecule has 0 saturated carbocycles. The fourth-order valence-corrected chi connectivity index (χ4v) is 2.57. The van der Waals surface area contributed by atoms with E-state index in [0.717, 1.165) is 17.5 Å². The van der Waals surface area contributed by atoms with Crippen molar-refractivity contribution in [2.45, 2.75) is 26.4 Å². The summed E-state index contributed by atoms with van der Waals surface area (Å²) in [6, 6.07) is 13.0. The number of nitrogens with zero attached hydrogens (tertiary/aromatic N) is 1. The van der Waals surface area contributed by atoms with E-state index in [-0.39, 0.29) is 5.91 Å². The fraction of sp³-hybridized carbons (Fsp3) is 0.333. The largest absolute Gasteiger partial charge is 0.493 e. The number of nitrogens with two attached hydrogens (primary N) is 1. The minimum atomic E-state index is -0.0766. The van der Waals surface area contributed by atoms with E-state index in [1.807, 2.05) is 43.3 Å². The zero-order valence-corrected chi connectivity index (χ0v) is 16.6. The van der Waals surface area contributed by atoms with Gasteiger partial charge in [-0.1, -0.05) is 25.1 Å². The first-order valence-electron chi connectivity index (χ1n) is 9.19. The van der Waals surface area contributed by atoms with Crippen molar-refractivity contribution in [3.8, 4) is 11.5 Å². The monoisotopic (exact) mass is 384 g/mol. The Morgan fingerprint density at radius 2 is 1.82 bits per heavy atom. The number of aliphatic imine (C=N–C) groups is 1. The predicted molar refractivity (Wildman–Crippen MR) is 111 cm³/mol. The van der Waals surface area contributed by atoms with Crippen molar-refractivity contribution < 1.29 is 14.3 Å². The van der Waals surface area contributed by atoms with Crippen LogP contribution < -0.4 is 25.8 Å². The lowest BCUT2D eigenvalue weighted by molar-refractivity contribution is 0.0953. The SMILES string of the molecule is CCCNC(=O)c1cccc(CN=C(N)NCc2ccc(OC)c(OC)c2)c1. The maximum atomic E-state index is 12.0. The molecule has 0 unspecified atom stereocenters. The molecule has 0 spiro atoms. The highest BCUT2D eigenvalue weighted by molar-refractivity contribution is 5.94. The molecule has 0 radical (unpaired) electrons. The van der Waals surface area contributed by atoms with Crippen LogP contribution in [-0.2, 0) is 13.1 Å². The highest BCUT2D eigenvalue weighted by Gasteiger charge is 2.06. The molecule has 0 heterocycles. The first-order chi connectivity index (χ1) is 13.6. The summed E-state index contributed by atoms with van der Waals surface area (Å²) >= 11 is 0. The molecule has 0 aliphatic carbocycles. The van der Waals surface area contributed by atoms with Crippen LogP contribution >= 0.6 is 0 Å². The Labute approximate surface area is 165 Å². The summed E-state index contributed by atoms with van der Waals surface area (Å²) in [5.74, 6) is 1.59. The van der Waals surface area contributed by atoms with Gasteiger partial charge in [0, 0.05) is 18.7 Å². The normalized spacial score (nSPS) is 11.0. The van der Waals surface area contributed by atoms with Crippen molar-refractivity contribution in [1.82, 2.24) is 10.6 Å². The Kier molecular flexibility index (Phi) is 8.14. The van der Waals surface area contributed by atoms with Crippen molar-refractivity contribution in [2.24, 2.45) is 10.7 Å². The molecule has 4 N–H and O–H groups in total. The third kappa shape index (κ3) is 6.19. The molecule has 0 aromatic heterocycles. The van der Waals surface area contributed by atoms with Gasteiger partial charge in [-0.2, -0.15) is 0 Å². The van der Waals surface area contributed by atoms with Crippen molar-refractivity contribution in [1.29, 1.82) is 0 Å². The highest BCUT2D eigenvalue weighted by atomic mass is 16.5. The number of hydrogen-bond donors (Lipinski definition) is 3. The van der Waals surface area contributed by atoms with Crippen LogP contribution in [0.1, 0.15) is 34.8 Å². The number of methoxy groups -OCH3 is 2. The van der Waals surface area contributed by atoms with Crippen molar-refractivity contribution >= 4 is 11.9 Å². The molecule has 150 valence electrons. The second-order valence-corrected chi connectivity index (χ2v) is 6.20. The molecule has 2 rings (SSSR count). The van der Waals surface area contributed by atoms with Gasteiger partial charge in [0.1, 0.15) is 0 Å². The topological polar surface area (TPSA) is 98.0 Å². The van der Waals surface area contributed by atoms with E-state index in [0.29, 0.717) is 42.7 Å². The Morgan fingerprint density at radius 1 is 1.04 bits per heavy atom. The maximum Gasteiger partial charge on any atom is 0.251 e. The molecule has 0 saturated heterocycles. The lowest BCUT2D eigenvalue weighted by Crippen LogP contribution is -2.31. The van der Waals surface area contributed by atoms with Crippen molar-refractivity contribution in [2.75, 3.05) is 20.8 Å². The molecular weight excluding hydrogens is 356 g/mol. The fourth-order valence-electron chi connectivity index (χ4n) is 2.57. The van der Waals surface area contributed by atoms with Gasteiger partial charge in [-0.25, -0.2) is 4.99 Å². The molecular formula is C21H28N4O3. The number of ether oxygens (including phenoxy) is 2. The average Bonchev–Trinajstić information content (AvgIpc) is 2.74. The van der Waals surface area contributed by atoms with E-state index in [1.165, 1.54) is 0 Å². The van der Waals surface area contributed by atoms with E-state index >= 15 is 0 Å². The van der Waals surface area contributed by atoms with Gasteiger partial charge in [0.15, 0.2) is 17.5 Å². The summed E-state index contributed by atoms with van der Waals surface area (Å²) in [6.07, 6.45) is 0.901. The van der Waals surface area contributed by atoms with E-state index < -0.39 is 0 Å². The van der Waals surface area contributed by atoms with Crippen LogP contribution in [-0.4, -0.2) is 32.6 Å². The second kappa shape index (κ2) is 10.8. The summed E-state index contributed by atoms with van der Waals surface area (Å²) in [7, 11) is 3.20. The first-order valence-corrected chi connectivity index (χ1v) is 9.19. The molecule has 0 fully saturated rings. The molecule has 7 heteroatoms. The second-order valence-electron chi connectivity index (χ2n) is 6.20. The third-order valence-corrected chi connectivity index (χ3v) is 4.08. The van der Waals surface area contributed by atoms with Crippen molar-refractivity contribution in [3.63, 3.8) is 0 Å². The van der Waals surface area contributed by atoms with Crippen molar-refractivity contribution in [3.05, 3.63) is 59.2 Å². The number of carbonyl (C=O) groups is 1. The van der Waals surface area contributed by atoms with E-state index in [9.17, 15) is 4.79 Å². The predicted octanol–water partition coefficient (Wildman–Crippen LogP) is 2.45. The Hall–Kier alpha value is -3.22. The Morgan fingerprint density at radius 3 is 2.54 bits per heavy atom. The van der Waals surface area contributed by atoms with Gasteiger partial charge in [0.25, 0.3) is 5.91 Å². The molecule has 7 nitrogen and oxygen atoms in total. The lowest BCUT2D eigenvalue weighted by Gasteiger charge is -2.10. The molecule has 0 bridgehead atoms. The molecule has 2 aromatic rings. The number of rotatable bonds is 9. The number of guanidine groups is 1. The molecule has 0 aliphatic heterocycles. The number of amides is 1. The zero-order chi connectivity index (χ0) is 20.4. The third-order valence-electron chi connectivity index (χ3n) is 4.08. The smallest absolute Gasteiger partial charge is 0.251 e. The van der Waals surface area contributed by atoms with Gasteiger partial charge in [-0.15, -0.1) is 0 Å². The van der Waals surface area contributed by atoms with Crippen LogP contribution in [0.5, 0.6) is 11.5 Å².